The minimum atomic E-state index is -0.622. The molecule has 0 spiro atoms. The van der Waals surface area contributed by atoms with Crippen molar-refractivity contribution in [2.75, 3.05) is 0 Å². The average Bonchev–Trinajstić information content (AvgIpc) is 2.28. The van der Waals surface area contributed by atoms with Crippen molar-refractivity contribution in [2.45, 2.75) is 51.7 Å². The Morgan fingerprint density at radius 3 is 2.50 bits per heavy atom. The first kappa shape index (κ1) is 14.7. The predicted octanol–water partition coefficient (Wildman–Crippen LogP) is 2.75. The highest BCUT2D eigenvalue weighted by Crippen LogP contribution is 2.13. The Bertz CT molecular complexity index is 368. The Balaban J connectivity index is 2.32. The number of rotatable bonds is 6. The van der Waals surface area contributed by atoms with Crippen LogP contribution in [0.2, 0.25) is 0 Å². The molecule has 0 bridgehead atoms. The van der Waals surface area contributed by atoms with Gasteiger partial charge in [0.15, 0.2) is 0 Å². The Morgan fingerprint density at radius 2 is 1.94 bits per heavy atom. The number of hydrogen-bond donors (Lipinski definition) is 2. The maximum Gasteiger partial charge on any atom is 0.251 e. The van der Waals surface area contributed by atoms with Gasteiger partial charge in [-0.05, 0) is 52.2 Å². The Kier molecular flexibility index (Phi) is 5.35. The zero-order valence-electron chi connectivity index (χ0n) is 11.4. The summed E-state index contributed by atoms with van der Waals surface area (Å²) >= 11 is 0. The molecule has 3 heteroatoms. The third-order valence-electron chi connectivity index (χ3n) is 2.84. The molecule has 2 N–H and O–H groups in total. The molecule has 0 saturated heterocycles. The highest BCUT2D eigenvalue weighted by molar-refractivity contribution is 5.94. The molecule has 0 aliphatic carbocycles. The fourth-order valence-corrected chi connectivity index (χ4v) is 1.81. The van der Waals surface area contributed by atoms with Crippen LogP contribution in [0, 0.1) is 0 Å². The number of benzene rings is 1. The first-order valence-electron chi connectivity index (χ1n) is 6.47. The normalized spacial score (nSPS) is 13.1. The molecule has 0 radical (unpaired) electrons. The summed E-state index contributed by atoms with van der Waals surface area (Å²) in [6.07, 6.45) is 2.53. The van der Waals surface area contributed by atoms with Crippen LogP contribution in [0.1, 0.15) is 50.4 Å². The van der Waals surface area contributed by atoms with E-state index in [1.807, 2.05) is 25.1 Å². The number of aliphatic hydroxyl groups is 1. The van der Waals surface area contributed by atoms with E-state index < -0.39 is 5.60 Å². The summed E-state index contributed by atoms with van der Waals surface area (Å²) in [5, 5.41) is 12.6. The second-order valence-electron chi connectivity index (χ2n) is 5.45. The summed E-state index contributed by atoms with van der Waals surface area (Å²) in [6, 6.07) is 9.34. The molecule has 0 heterocycles. The summed E-state index contributed by atoms with van der Waals surface area (Å²) in [5.74, 6) is -0.0358. The fraction of sp³-hybridized carbons (Fsp3) is 0.533. The monoisotopic (exact) mass is 249 g/mol. The maximum absolute atomic E-state index is 11.9. The van der Waals surface area contributed by atoms with Crippen molar-refractivity contribution in [3.8, 4) is 0 Å². The molecule has 1 aromatic rings. The molecule has 0 aliphatic rings. The minimum absolute atomic E-state index is 0.0358. The lowest BCUT2D eigenvalue weighted by Crippen LogP contribution is -2.32. The number of hydrogen-bond acceptors (Lipinski definition) is 2. The van der Waals surface area contributed by atoms with E-state index >= 15 is 0 Å². The lowest BCUT2D eigenvalue weighted by Gasteiger charge is -2.19. The van der Waals surface area contributed by atoms with Crippen molar-refractivity contribution < 1.29 is 9.90 Å². The van der Waals surface area contributed by atoms with Crippen LogP contribution in [-0.4, -0.2) is 22.7 Å². The summed E-state index contributed by atoms with van der Waals surface area (Å²) in [4.78, 5) is 11.9. The molecule has 1 amide bonds. The van der Waals surface area contributed by atoms with Gasteiger partial charge in [0.1, 0.15) is 0 Å². The highest BCUT2D eigenvalue weighted by atomic mass is 16.3. The van der Waals surface area contributed by atoms with Crippen LogP contribution in [0.25, 0.3) is 0 Å². The molecular formula is C15H23NO2. The molecule has 100 valence electrons. The Labute approximate surface area is 109 Å². The predicted molar refractivity (Wildman–Crippen MR) is 73.5 cm³/mol. The van der Waals surface area contributed by atoms with Crippen molar-refractivity contribution in [2.24, 2.45) is 0 Å². The second kappa shape index (κ2) is 6.55. The van der Waals surface area contributed by atoms with Crippen LogP contribution < -0.4 is 5.32 Å². The third-order valence-corrected chi connectivity index (χ3v) is 2.84. The third kappa shape index (κ3) is 5.82. The lowest BCUT2D eigenvalue weighted by molar-refractivity contribution is 0.0674. The first-order chi connectivity index (χ1) is 8.38. The maximum atomic E-state index is 11.9. The van der Waals surface area contributed by atoms with E-state index in [0.29, 0.717) is 5.56 Å². The highest BCUT2D eigenvalue weighted by Gasteiger charge is 2.14. The van der Waals surface area contributed by atoms with Crippen LogP contribution in [0.5, 0.6) is 0 Å². The molecule has 0 aliphatic heterocycles. The molecule has 0 aromatic heterocycles. The fourth-order valence-electron chi connectivity index (χ4n) is 1.81. The summed E-state index contributed by atoms with van der Waals surface area (Å²) in [7, 11) is 0. The molecule has 1 rings (SSSR count). The number of amides is 1. The summed E-state index contributed by atoms with van der Waals surface area (Å²) in [6.45, 7) is 5.60. The zero-order chi connectivity index (χ0) is 13.6. The van der Waals surface area contributed by atoms with Gasteiger partial charge in [0, 0.05) is 11.6 Å². The van der Waals surface area contributed by atoms with Crippen molar-refractivity contribution in [3.05, 3.63) is 35.9 Å². The van der Waals surface area contributed by atoms with E-state index in [0.717, 1.165) is 19.3 Å². The van der Waals surface area contributed by atoms with Crippen LogP contribution in [0.4, 0.5) is 0 Å². The standard InChI is InChI=1S/C15H23NO2/c1-12(8-7-11-15(2,3)18)16-14(17)13-9-5-4-6-10-13/h4-6,9-10,12,18H,7-8,11H2,1-3H3,(H,16,17)/t12-/m1/s1. The molecule has 0 saturated carbocycles. The Morgan fingerprint density at radius 1 is 1.33 bits per heavy atom. The van der Waals surface area contributed by atoms with Crippen LogP contribution in [-0.2, 0) is 0 Å². The van der Waals surface area contributed by atoms with Crippen LogP contribution in [0.3, 0.4) is 0 Å². The molecule has 0 unspecified atom stereocenters. The van der Waals surface area contributed by atoms with Gasteiger partial charge in [-0.3, -0.25) is 4.79 Å². The first-order valence-corrected chi connectivity index (χ1v) is 6.47. The van der Waals surface area contributed by atoms with Crippen molar-refractivity contribution in [1.29, 1.82) is 0 Å². The lowest BCUT2D eigenvalue weighted by atomic mass is 9.99. The molecule has 0 fully saturated rings. The average molecular weight is 249 g/mol. The summed E-state index contributed by atoms with van der Waals surface area (Å²) in [5.41, 5.74) is 0.0650. The van der Waals surface area contributed by atoms with E-state index in [2.05, 4.69) is 5.32 Å². The topological polar surface area (TPSA) is 49.3 Å². The van der Waals surface area contributed by atoms with Gasteiger partial charge in [0.2, 0.25) is 0 Å². The van der Waals surface area contributed by atoms with Crippen molar-refractivity contribution in [1.82, 2.24) is 5.32 Å². The largest absolute Gasteiger partial charge is 0.390 e. The van der Waals surface area contributed by atoms with Gasteiger partial charge >= 0.3 is 0 Å². The SMILES string of the molecule is C[C@H](CCCC(C)(C)O)NC(=O)c1ccccc1. The molecular weight excluding hydrogens is 226 g/mol. The molecule has 1 aromatic carbocycles. The number of carbonyl (C=O) groups excluding carboxylic acids is 1. The van der Waals surface area contributed by atoms with Crippen molar-refractivity contribution >= 4 is 5.91 Å². The quantitative estimate of drug-likeness (QED) is 0.814. The van der Waals surface area contributed by atoms with Gasteiger partial charge in [-0.1, -0.05) is 18.2 Å². The molecule has 3 nitrogen and oxygen atoms in total. The van der Waals surface area contributed by atoms with Gasteiger partial charge < -0.3 is 10.4 Å². The minimum Gasteiger partial charge on any atom is -0.390 e. The van der Waals surface area contributed by atoms with Crippen LogP contribution in [0.15, 0.2) is 30.3 Å². The van der Waals surface area contributed by atoms with Gasteiger partial charge in [-0.2, -0.15) is 0 Å². The van der Waals surface area contributed by atoms with Gasteiger partial charge in [0.05, 0.1) is 5.60 Å². The molecule has 18 heavy (non-hydrogen) atoms. The smallest absolute Gasteiger partial charge is 0.251 e. The second-order valence-corrected chi connectivity index (χ2v) is 5.45. The van der Waals surface area contributed by atoms with E-state index in [9.17, 15) is 9.90 Å². The zero-order valence-corrected chi connectivity index (χ0v) is 11.4. The molecule has 1 atom stereocenters. The van der Waals surface area contributed by atoms with Crippen molar-refractivity contribution in [3.63, 3.8) is 0 Å². The van der Waals surface area contributed by atoms with Gasteiger partial charge in [-0.25, -0.2) is 0 Å². The van der Waals surface area contributed by atoms with E-state index in [-0.39, 0.29) is 11.9 Å². The van der Waals surface area contributed by atoms with E-state index in [1.54, 1.807) is 26.0 Å². The number of nitrogens with one attached hydrogen (secondary N) is 1. The van der Waals surface area contributed by atoms with E-state index in [1.165, 1.54) is 0 Å². The van der Waals surface area contributed by atoms with E-state index in [4.69, 9.17) is 0 Å². The van der Waals surface area contributed by atoms with Gasteiger partial charge in [0.25, 0.3) is 5.91 Å². The number of carbonyl (C=O) groups is 1. The van der Waals surface area contributed by atoms with Crippen LogP contribution >= 0.6 is 0 Å². The van der Waals surface area contributed by atoms with Gasteiger partial charge in [-0.15, -0.1) is 0 Å². The Hall–Kier alpha value is -1.35. The summed E-state index contributed by atoms with van der Waals surface area (Å²) < 4.78 is 0.